The fourth-order valence-electron chi connectivity index (χ4n) is 2.30. The van der Waals surface area contributed by atoms with E-state index in [-0.39, 0.29) is 31.5 Å². The molecular weight excluding hydrogens is 424 g/mol. The summed E-state index contributed by atoms with van der Waals surface area (Å²) < 4.78 is 10.4. The van der Waals surface area contributed by atoms with Gasteiger partial charge in [-0.15, -0.1) is 12.4 Å². The van der Waals surface area contributed by atoms with Crippen LogP contribution in [0.5, 0.6) is 0 Å². The zero-order chi connectivity index (χ0) is 22.8. The van der Waals surface area contributed by atoms with Crippen molar-refractivity contribution in [3.05, 3.63) is 0 Å². The zero-order valence-corrected chi connectivity index (χ0v) is 20.7. The van der Waals surface area contributed by atoms with Crippen molar-refractivity contribution in [2.45, 2.75) is 60.3 Å². The number of rotatable bonds is 15. The predicted octanol–water partition coefficient (Wildman–Crippen LogP) is 2.93. The summed E-state index contributed by atoms with van der Waals surface area (Å²) in [6.07, 6.45) is 2.95. The van der Waals surface area contributed by atoms with Crippen LogP contribution in [0.3, 0.4) is 0 Å². The van der Waals surface area contributed by atoms with Crippen LogP contribution < -0.4 is 16.0 Å². The second-order valence-corrected chi connectivity index (χ2v) is 8.18. The van der Waals surface area contributed by atoms with E-state index in [0.29, 0.717) is 39.3 Å². The molecule has 0 aliphatic rings. The molecule has 0 fully saturated rings. The molecule has 0 spiro atoms. The number of amides is 3. The lowest BCUT2D eigenvalue weighted by atomic mass is 9.96. The molecule has 0 heterocycles. The lowest BCUT2D eigenvalue weighted by Gasteiger charge is -2.24. The molecule has 184 valence electrons. The third-order valence-electron chi connectivity index (χ3n) is 4.28. The molecule has 0 aliphatic carbocycles. The van der Waals surface area contributed by atoms with E-state index >= 15 is 0 Å². The molecule has 31 heavy (non-hydrogen) atoms. The summed E-state index contributed by atoms with van der Waals surface area (Å²) in [5, 5.41) is 8.30. The predicted molar refractivity (Wildman–Crippen MR) is 125 cm³/mol. The van der Waals surface area contributed by atoms with Crippen molar-refractivity contribution >= 4 is 30.5 Å². The van der Waals surface area contributed by atoms with E-state index in [0.717, 1.165) is 25.7 Å². The van der Waals surface area contributed by atoms with Gasteiger partial charge in [-0.2, -0.15) is 0 Å². The minimum Gasteiger partial charge on any atom is -0.448 e. The number of nitrogens with one attached hydrogen (secondary N) is 3. The van der Waals surface area contributed by atoms with Gasteiger partial charge < -0.3 is 25.4 Å². The topological polar surface area (TPSA) is 109 Å². The Hall–Kier alpha value is -1.74. The largest absolute Gasteiger partial charge is 0.448 e. The Morgan fingerprint density at radius 1 is 0.742 bits per heavy atom. The third-order valence-corrected chi connectivity index (χ3v) is 4.28. The van der Waals surface area contributed by atoms with E-state index in [1.165, 1.54) is 0 Å². The van der Waals surface area contributed by atoms with Crippen molar-refractivity contribution in [3.63, 3.8) is 0 Å². The van der Waals surface area contributed by atoms with Gasteiger partial charge in [0.05, 0.1) is 0 Å². The molecular formula is C21H43ClN4O5. The summed E-state index contributed by atoms with van der Waals surface area (Å²) in [4.78, 5) is 37.3. The summed E-state index contributed by atoms with van der Waals surface area (Å²) in [5.74, 6) is -0.0273. The molecule has 0 aromatic heterocycles. The minimum absolute atomic E-state index is 0. The monoisotopic (exact) mass is 466 g/mol. The van der Waals surface area contributed by atoms with Gasteiger partial charge in [0.15, 0.2) is 0 Å². The van der Waals surface area contributed by atoms with Gasteiger partial charge in [-0.05, 0) is 12.8 Å². The average molecular weight is 467 g/mol. The fraction of sp³-hybridized carbons (Fsp3) is 0.857. The summed E-state index contributed by atoms with van der Waals surface area (Å²) in [6, 6.07) is 0. The first-order chi connectivity index (χ1) is 14.2. The molecule has 10 heteroatoms. The number of hydrogen-bond donors (Lipinski definition) is 3. The van der Waals surface area contributed by atoms with Crippen LogP contribution in [0.2, 0.25) is 0 Å². The molecule has 0 unspecified atom stereocenters. The highest BCUT2D eigenvalue weighted by atomic mass is 35.5. The lowest BCUT2D eigenvalue weighted by Crippen LogP contribution is -2.42. The maximum atomic E-state index is 12.0. The molecule has 0 saturated carbocycles. The Bertz CT molecular complexity index is 473. The van der Waals surface area contributed by atoms with Crippen LogP contribution in [0.4, 0.5) is 9.59 Å². The Kier molecular flexibility index (Phi) is 19.3. The number of halogens is 1. The van der Waals surface area contributed by atoms with E-state index < -0.39 is 17.6 Å². The van der Waals surface area contributed by atoms with Gasteiger partial charge in [0, 0.05) is 44.7 Å². The van der Waals surface area contributed by atoms with Gasteiger partial charge in [0.1, 0.15) is 13.2 Å². The number of hydrogen-bond acceptors (Lipinski definition) is 6. The summed E-state index contributed by atoms with van der Waals surface area (Å²) in [7, 11) is 0. The summed E-state index contributed by atoms with van der Waals surface area (Å²) in [5.41, 5.74) is -0.454. The number of alkyl carbamates (subject to hydrolysis) is 2. The van der Waals surface area contributed by atoms with Crippen molar-refractivity contribution in [2.75, 3.05) is 52.5 Å². The van der Waals surface area contributed by atoms with Crippen LogP contribution in [-0.4, -0.2) is 75.5 Å². The molecule has 0 bridgehead atoms. The summed E-state index contributed by atoms with van der Waals surface area (Å²) in [6.45, 7) is 13.3. The Balaban J connectivity index is 0. The second kappa shape index (κ2) is 19.0. The molecule has 0 aromatic carbocycles. The molecule has 0 aromatic rings. The van der Waals surface area contributed by atoms with Gasteiger partial charge in [-0.3, -0.25) is 9.69 Å². The Morgan fingerprint density at radius 3 is 1.58 bits per heavy atom. The SMILES string of the molecule is CCCCNC(=O)OCCN(CCNC(=O)C(C)(C)C)CCOC(=O)NCCCC.Cl. The van der Waals surface area contributed by atoms with Crippen LogP contribution in [-0.2, 0) is 14.3 Å². The van der Waals surface area contributed by atoms with Crippen LogP contribution in [0.25, 0.3) is 0 Å². The maximum absolute atomic E-state index is 12.0. The number of ether oxygens (including phenoxy) is 2. The Labute approximate surface area is 193 Å². The van der Waals surface area contributed by atoms with Crippen molar-refractivity contribution < 1.29 is 23.9 Å². The molecule has 0 atom stereocenters. The highest BCUT2D eigenvalue weighted by Crippen LogP contribution is 2.11. The highest BCUT2D eigenvalue weighted by Gasteiger charge is 2.20. The van der Waals surface area contributed by atoms with Crippen molar-refractivity contribution in [3.8, 4) is 0 Å². The van der Waals surface area contributed by atoms with Gasteiger partial charge in [0.25, 0.3) is 0 Å². The van der Waals surface area contributed by atoms with Crippen molar-refractivity contribution in [1.82, 2.24) is 20.9 Å². The van der Waals surface area contributed by atoms with E-state index in [9.17, 15) is 14.4 Å². The first-order valence-electron chi connectivity index (χ1n) is 11.0. The van der Waals surface area contributed by atoms with E-state index in [2.05, 4.69) is 29.8 Å². The smallest absolute Gasteiger partial charge is 0.407 e. The molecule has 3 N–H and O–H groups in total. The first-order valence-corrected chi connectivity index (χ1v) is 11.0. The van der Waals surface area contributed by atoms with E-state index in [1.807, 2.05) is 25.7 Å². The fourth-order valence-corrected chi connectivity index (χ4v) is 2.30. The quantitative estimate of drug-likeness (QED) is 0.320. The number of unbranched alkanes of at least 4 members (excludes halogenated alkanes) is 2. The zero-order valence-electron chi connectivity index (χ0n) is 19.9. The highest BCUT2D eigenvalue weighted by molar-refractivity contribution is 5.85. The molecule has 3 amide bonds. The van der Waals surface area contributed by atoms with Gasteiger partial charge >= 0.3 is 12.2 Å². The van der Waals surface area contributed by atoms with Crippen LogP contribution in [0.1, 0.15) is 60.3 Å². The van der Waals surface area contributed by atoms with Crippen LogP contribution in [0, 0.1) is 5.41 Å². The van der Waals surface area contributed by atoms with E-state index in [4.69, 9.17) is 9.47 Å². The van der Waals surface area contributed by atoms with E-state index in [1.54, 1.807) is 0 Å². The van der Waals surface area contributed by atoms with Crippen molar-refractivity contribution in [1.29, 1.82) is 0 Å². The molecule has 9 nitrogen and oxygen atoms in total. The molecule has 0 rings (SSSR count). The van der Waals surface area contributed by atoms with Gasteiger partial charge in [-0.25, -0.2) is 9.59 Å². The van der Waals surface area contributed by atoms with Gasteiger partial charge in [-0.1, -0.05) is 47.5 Å². The van der Waals surface area contributed by atoms with Gasteiger partial charge in [0.2, 0.25) is 5.91 Å². The molecule has 0 saturated heterocycles. The lowest BCUT2D eigenvalue weighted by molar-refractivity contribution is -0.128. The first kappa shape index (κ1) is 31.4. The van der Waals surface area contributed by atoms with Crippen LogP contribution in [0.15, 0.2) is 0 Å². The second-order valence-electron chi connectivity index (χ2n) is 8.18. The minimum atomic E-state index is -0.454. The number of carbonyl (C=O) groups excluding carboxylic acids is 3. The number of nitrogens with zero attached hydrogens (tertiary/aromatic N) is 1. The average Bonchev–Trinajstić information content (AvgIpc) is 2.67. The van der Waals surface area contributed by atoms with Crippen LogP contribution >= 0.6 is 12.4 Å². The third kappa shape index (κ3) is 18.7. The standard InChI is InChI=1S/C21H42N4O5.ClH/c1-6-8-10-23-19(27)29-16-14-25(13-12-22-18(26)21(3,4)5)15-17-30-20(28)24-11-9-7-2;/h6-17H2,1-5H3,(H,22,26)(H,23,27)(H,24,28);1H. The normalized spacial score (nSPS) is 10.8. The molecule has 0 radical (unpaired) electrons. The Morgan fingerprint density at radius 2 is 1.19 bits per heavy atom. The molecule has 0 aliphatic heterocycles. The summed E-state index contributed by atoms with van der Waals surface area (Å²) >= 11 is 0. The maximum Gasteiger partial charge on any atom is 0.407 e. The number of carbonyl (C=O) groups is 3. The van der Waals surface area contributed by atoms with Crippen molar-refractivity contribution in [2.24, 2.45) is 5.41 Å².